The van der Waals surface area contributed by atoms with Gasteiger partial charge in [-0.2, -0.15) is 4.98 Å². The molecule has 0 aliphatic carbocycles. The maximum absolute atomic E-state index is 4.43. The van der Waals surface area contributed by atoms with E-state index in [1.165, 1.54) is 5.56 Å². The highest BCUT2D eigenvalue weighted by atomic mass is 15.2. The van der Waals surface area contributed by atoms with Crippen molar-refractivity contribution >= 4 is 11.8 Å². The lowest BCUT2D eigenvalue weighted by Crippen LogP contribution is -2.15. The van der Waals surface area contributed by atoms with Crippen LogP contribution in [0.2, 0.25) is 0 Å². The molecule has 4 nitrogen and oxygen atoms in total. The Morgan fingerprint density at radius 3 is 2.36 bits per heavy atom. The monoisotopic (exact) mass is 194 g/mol. The predicted molar refractivity (Wildman–Crippen MR) is 60.0 cm³/mol. The second-order valence-electron chi connectivity index (χ2n) is 3.43. The van der Waals surface area contributed by atoms with Gasteiger partial charge in [-0.25, -0.2) is 4.98 Å². The molecule has 1 heterocycles. The minimum absolute atomic E-state index is 0.754. The van der Waals surface area contributed by atoms with Crippen LogP contribution in [-0.2, 0) is 6.42 Å². The van der Waals surface area contributed by atoms with E-state index in [-0.39, 0.29) is 0 Å². The number of aromatic nitrogens is 2. The molecule has 0 bridgehead atoms. The summed E-state index contributed by atoms with van der Waals surface area (Å²) in [6, 6.07) is 0. The highest BCUT2D eigenvalue weighted by Crippen LogP contribution is 2.19. The summed E-state index contributed by atoms with van der Waals surface area (Å²) in [5.74, 6) is 1.69. The van der Waals surface area contributed by atoms with Gasteiger partial charge in [0.25, 0.3) is 0 Å². The van der Waals surface area contributed by atoms with E-state index in [1.807, 2.05) is 33.0 Å². The van der Waals surface area contributed by atoms with E-state index < -0.39 is 0 Å². The lowest BCUT2D eigenvalue weighted by molar-refractivity contribution is 0.940. The first kappa shape index (κ1) is 10.8. The molecule has 0 saturated carbocycles. The van der Waals surface area contributed by atoms with Crippen LogP contribution in [0.3, 0.4) is 0 Å². The number of hydrogen-bond acceptors (Lipinski definition) is 4. The summed E-state index contributed by atoms with van der Waals surface area (Å²) < 4.78 is 0. The quantitative estimate of drug-likeness (QED) is 0.791. The first-order chi connectivity index (χ1) is 6.60. The van der Waals surface area contributed by atoms with Crippen molar-refractivity contribution in [3.8, 4) is 0 Å². The minimum Gasteiger partial charge on any atom is -0.373 e. The van der Waals surface area contributed by atoms with Crippen LogP contribution in [0.5, 0.6) is 0 Å². The fourth-order valence-electron chi connectivity index (χ4n) is 1.41. The zero-order chi connectivity index (χ0) is 10.7. The van der Waals surface area contributed by atoms with Gasteiger partial charge in [0.1, 0.15) is 5.82 Å². The van der Waals surface area contributed by atoms with Crippen molar-refractivity contribution in [1.82, 2.24) is 9.97 Å². The average Bonchev–Trinajstić information content (AvgIpc) is 2.16. The van der Waals surface area contributed by atoms with Crippen molar-refractivity contribution in [1.29, 1.82) is 0 Å². The van der Waals surface area contributed by atoms with E-state index in [0.717, 1.165) is 23.9 Å². The summed E-state index contributed by atoms with van der Waals surface area (Å²) in [5, 5.41) is 3.10. The Bertz CT molecular complexity index is 320. The van der Waals surface area contributed by atoms with E-state index in [4.69, 9.17) is 0 Å². The van der Waals surface area contributed by atoms with Crippen LogP contribution >= 0.6 is 0 Å². The lowest BCUT2D eigenvalue weighted by atomic mass is 10.2. The standard InChI is InChI=1S/C10H18N4/c1-6-8-7(2)12-10(14(4)5)13-9(8)11-3/h6H2,1-5H3,(H,11,12,13). The van der Waals surface area contributed by atoms with Crippen molar-refractivity contribution in [3.63, 3.8) is 0 Å². The molecule has 0 aliphatic rings. The third-order valence-corrected chi connectivity index (χ3v) is 2.19. The van der Waals surface area contributed by atoms with Crippen molar-refractivity contribution < 1.29 is 0 Å². The number of aryl methyl sites for hydroxylation is 1. The SMILES string of the molecule is CCc1c(C)nc(N(C)C)nc1NC. The second kappa shape index (κ2) is 4.26. The molecule has 0 unspecified atom stereocenters. The molecule has 1 rings (SSSR count). The van der Waals surface area contributed by atoms with Crippen molar-refractivity contribution in [2.24, 2.45) is 0 Å². The Labute approximate surface area is 85.4 Å². The molecule has 1 N–H and O–H groups in total. The summed E-state index contributed by atoms with van der Waals surface area (Å²) in [4.78, 5) is 10.8. The molecule has 0 aromatic carbocycles. The van der Waals surface area contributed by atoms with E-state index in [2.05, 4.69) is 22.2 Å². The Kier molecular flexibility index (Phi) is 3.28. The fraction of sp³-hybridized carbons (Fsp3) is 0.600. The molecular weight excluding hydrogens is 176 g/mol. The molecule has 0 spiro atoms. The van der Waals surface area contributed by atoms with Gasteiger partial charge in [0.2, 0.25) is 5.95 Å². The van der Waals surface area contributed by atoms with Crippen LogP contribution in [0, 0.1) is 6.92 Å². The number of hydrogen-bond donors (Lipinski definition) is 1. The van der Waals surface area contributed by atoms with E-state index in [1.54, 1.807) is 0 Å². The predicted octanol–water partition coefficient (Wildman–Crippen LogP) is 1.46. The largest absolute Gasteiger partial charge is 0.373 e. The first-order valence-electron chi connectivity index (χ1n) is 4.82. The summed E-state index contributed by atoms with van der Waals surface area (Å²) in [6.45, 7) is 4.14. The minimum atomic E-state index is 0.754. The molecule has 0 saturated heterocycles. The van der Waals surface area contributed by atoms with Crippen molar-refractivity contribution in [3.05, 3.63) is 11.3 Å². The van der Waals surface area contributed by atoms with E-state index >= 15 is 0 Å². The lowest BCUT2D eigenvalue weighted by Gasteiger charge is -2.15. The Hall–Kier alpha value is -1.32. The number of nitrogens with one attached hydrogen (secondary N) is 1. The maximum Gasteiger partial charge on any atom is 0.227 e. The number of rotatable bonds is 3. The third kappa shape index (κ3) is 1.95. The molecule has 0 fully saturated rings. The molecule has 14 heavy (non-hydrogen) atoms. The molecule has 0 amide bonds. The van der Waals surface area contributed by atoms with Gasteiger partial charge in [-0.15, -0.1) is 0 Å². The first-order valence-corrected chi connectivity index (χ1v) is 4.82. The zero-order valence-corrected chi connectivity index (χ0v) is 9.55. The van der Waals surface area contributed by atoms with Gasteiger partial charge in [0, 0.05) is 32.4 Å². The van der Waals surface area contributed by atoms with Gasteiger partial charge in [-0.05, 0) is 13.3 Å². The highest BCUT2D eigenvalue weighted by molar-refractivity contribution is 5.50. The summed E-state index contributed by atoms with van der Waals surface area (Å²) in [6.07, 6.45) is 0.954. The van der Waals surface area contributed by atoms with E-state index in [9.17, 15) is 0 Å². The average molecular weight is 194 g/mol. The molecule has 1 aromatic heterocycles. The van der Waals surface area contributed by atoms with Crippen molar-refractivity contribution in [2.75, 3.05) is 31.4 Å². The third-order valence-electron chi connectivity index (χ3n) is 2.19. The van der Waals surface area contributed by atoms with Crippen LogP contribution in [0.1, 0.15) is 18.2 Å². The molecule has 0 radical (unpaired) electrons. The van der Waals surface area contributed by atoms with Crippen LogP contribution in [0.25, 0.3) is 0 Å². The molecular formula is C10H18N4. The van der Waals surface area contributed by atoms with Crippen molar-refractivity contribution in [2.45, 2.75) is 20.3 Å². The van der Waals surface area contributed by atoms with E-state index in [0.29, 0.717) is 0 Å². The van der Waals surface area contributed by atoms with Crippen LogP contribution in [-0.4, -0.2) is 31.1 Å². The molecule has 0 aliphatic heterocycles. The molecule has 4 heteroatoms. The van der Waals surface area contributed by atoms with Crippen LogP contribution in [0.15, 0.2) is 0 Å². The Balaban J connectivity index is 3.24. The highest BCUT2D eigenvalue weighted by Gasteiger charge is 2.09. The number of anilines is 2. The van der Waals surface area contributed by atoms with Gasteiger partial charge >= 0.3 is 0 Å². The zero-order valence-electron chi connectivity index (χ0n) is 9.55. The Morgan fingerprint density at radius 1 is 1.29 bits per heavy atom. The smallest absolute Gasteiger partial charge is 0.227 e. The van der Waals surface area contributed by atoms with Crippen LogP contribution in [0.4, 0.5) is 11.8 Å². The van der Waals surface area contributed by atoms with Gasteiger partial charge in [-0.3, -0.25) is 0 Å². The molecule has 0 atom stereocenters. The summed E-state index contributed by atoms with van der Waals surface area (Å²) in [7, 11) is 5.78. The molecule has 1 aromatic rings. The normalized spacial score (nSPS) is 10.1. The number of nitrogens with zero attached hydrogens (tertiary/aromatic N) is 3. The van der Waals surface area contributed by atoms with Gasteiger partial charge in [-0.1, -0.05) is 6.92 Å². The maximum atomic E-state index is 4.43. The van der Waals surface area contributed by atoms with Gasteiger partial charge < -0.3 is 10.2 Å². The second-order valence-corrected chi connectivity index (χ2v) is 3.43. The van der Waals surface area contributed by atoms with Gasteiger partial charge in [0.05, 0.1) is 0 Å². The topological polar surface area (TPSA) is 41.1 Å². The Morgan fingerprint density at radius 2 is 1.93 bits per heavy atom. The summed E-state index contributed by atoms with van der Waals surface area (Å²) in [5.41, 5.74) is 2.24. The van der Waals surface area contributed by atoms with Crippen LogP contribution < -0.4 is 10.2 Å². The molecule has 78 valence electrons. The summed E-state index contributed by atoms with van der Waals surface area (Å²) >= 11 is 0. The van der Waals surface area contributed by atoms with Gasteiger partial charge in [0.15, 0.2) is 0 Å². The fourth-order valence-corrected chi connectivity index (χ4v) is 1.41.